The molecule has 3 nitrogen and oxygen atoms in total. The predicted molar refractivity (Wildman–Crippen MR) is 110 cm³/mol. The van der Waals surface area contributed by atoms with Crippen LogP contribution in [0.4, 0.5) is 24.0 Å². The molecular weight excluding hydrogens is 430 g/mol. The summed E-state index contributed by atoms with van der Waals surface area (Å²) < 4.78 is 39.6. The maximum Gasteiger partial charge on any atom is 0.416 e. The van der Waals surface area contributed by atoms with Gasteiger partial charge in [-0.3, -0.25) is 0 Å². The highest BCUT2D eigenvalue weighted by molar-refractivity contribution is 7.22. The van der Waals surface area contributed by atoms with Crippen molar-refractivity contribution in [2.45, 2.75) is 12.6 Å². The second-order valence-corrected chi connectivity index (χ2v) is 8.45. The fourth-order valence-corrected chi connectivity index (χ4v) is 4.90. The van der Waals surface area contributed by atoms with Crippen molar-refractivity contribution >= 4 is 55.6 Å². The molecule has 1 aliphatic heterocycles. The Morgan fingerprint density at radius 3 is 2.43 bits per heavy atom. The normalized spacial score (nSPS) is 15.9. The van der Waals surface area contributed by atoms with E-state index in [1.165, 1.54) is 6.07 Å². The Morgan fingerprint density at radius 2 is 1.68 bits per heavy atom. The quantitative estimate of drug-likeness (QED) is 0.458. The number of benzene rings is 2. The van der Waals surface area contributed by atoms with Gasteiger partial charge in [0.05, 0.1) is 26.5 Å². The van der Waals surface area contributed by atoms with E-state index in [9.17, 15) is 13.2 Å². The van der Waals surface area contributed by atoms with Crippen molar-refractivity contribution in [3.63, 3.8) is 0 Å². The van der Waals surface area contributed by atoms with E-state index >= 15 is 0 Å². The van der Waals surface area contributed by atoms with E-state index in [4.69, 9.17) is 23.2 Å². The molecule has 1 aliphatic rings. The van der Waals surface area contributed by atoms with Crippen molar-refractivity contribution in [1.82, 2.24) is 4.98 Å². The largest absolute Gasteiger partial charge is 0.416 e. The van der Waals surface area contributed by atoms with E-state index < -0.39 is 11.7 Å². The summed E-state index contributed by atoms with van der Waals surface area (Å²) in [6.07, 6.45) is -3.54. The number of halogens is 5. The van der Waals surface area contributed by atoms with Crippen LogP contribution in [0, 0.1) is 0 Å². The lowest BCUT2D eigenvalue weighted by Crippen LogP contribution is -2.30. The van der Waals surface area contributed by atoms with Gasteiger partial charge in [0.25, 0.3) is 0 Å². The van der Waals surface area contributed by atoms with Gasteiger partial charge >= 0.3 is 6.18 Å². The molecule has 1 saturated heterocycles. The molecule has 148 valence electrons. The summed E-state index contributed by atoms with van der Waals surface area (Å²) in [5, 5.41) is 1.73. The lowest BCUT2D eigenvalue weighted by molar-refractivity contribution is -0.137. The number of rotatable bonds is 2. The highest BCUT2D eigenvalue weighted by atomic mass is 35.5. The van der Waals surface area contributed by atoms with Crippen molar-refractivity contribution < 1.29 is 13.2 Å². The third kappa shape index (κ3) is 4.02. The molecule has 1 fully saturated rings. The Kier molecular flexibility index (Phi) is 5.33. The Hall–Kier alpha value is -1.70. The van der Waals surface area contributed by atoms with Crippen LogP contribution in [0.1, 0.15) is 12.0 Å². The number of alkyl halides is 3. The summed E-state index contributed by atoms with van der Waals surface area (Å²) >= 11 is 13.8. The van der Waals surface area contributed by atoms with Crippen molar-refractivity contribution in [3.05, 3.63) is 52.0 Å². The van der Waals surface area contributed by atoms with Crippen molar-refractivity contribution in [1.29, 1.82) is 0 Å². The zero-order valence-corrected chi connectivity index (χ0v) is 17.0. The molecule has 4 rings (SSSR count). The van der Waals surface area contributed by atoms with Gasteiger partial charge in [-0.15, -0.1) is 0 Å². The van der Waals surface area contributed by atoms with Crippen LogP contribution in [0.25, 0.3) is 10.2 Å². The smallest absolute Gasteiger partial charge is 0.368 e. The fourth-order valence-electron chi connectivity index (χ4n) is 3.31. The van der Waals surface area contributed by atoms with E-state index in [2.05, 4.69) is 9.88 Å². The zero-order valence-electron chi connectivity index (χ0n) is 14.6. The van der Waals surface area contributed by atoms with Gasteiger partial charge in [-0.05, 0) is 42.8 Å². The Bertz CT molecular complexity index is 1010. The van der Waals surface area contributed by atoms with E-state index in [0.717, 1.165) is 47.0 Å². The van der Waals surface area contributed by atoms with Gasteiger partial charge in [0.1, 0.15) is 0 Å². The topological polar surface area (TPSA) is 19.4 Å². The van der Waals surface area contributed by atoms with Crippen molar-refractivity contribution in [2.24, 2.45) is 0 Å². The minimum atomic E-state index is -4.40. The summed E-state index contributed by atoms with van der Waals surface area (Å²) in [7, 11) is 0. The van der Waals surface area contributed by atoms with E-state index in [-0.39, 0.29) is 5.02 Å². The van der Waals surface area contributed by atoms with Gasteiger partial charge < -0.3 is 9.80 Å². The summed E-state index contributed by atoms with van der Waals surface area (Å²) in [4.78, 5) is 8.93. The van der Waals surface area contributed by atoms with Gasteiger partial charge in [-0.25, -0.2) is 4.98 Å². The predicted octanol–water partition coefficient (Wildman–Crippen LogP) is 6.34. The maximum atomic E-state index is 12.9. The number of anilines is 2. The first-order valence-electron chi connectivity index (χ1n) is 8.74. The lowest BCUT2D eigenvalue weighted by atomic mass is 10.2. The minimum Gasteiger partial charge on any atom is -0.368 e. The monoisotopic (exact) mass is 445 g/mol. The molecule has 0 radical (unpaired) electrons. The molecule has 0 N–H and O–H groups in total. The molecule has 0 amide bonds. The molecule has 0 aliphatic carbocycles. The number of hydrogen-bond donors (Lipinski definition) is 0. The molecule has 0 unspecified atom stereocenters. The molecule has 0 spiro atoms. The number of hydrogen-bond acceptors (Lipinski definition) is 4. The van der Waals surface area contributed by atoms with Gasteiger partial charge in [-0.1, -0.05) is 34.5 Å². The van der Waals surface area contributed by atoms with Crippen LogP contribution >= 0.6 is 34.5 Å². The van der Waals surface area contributed by atoms with E-state index in [1.807, 2.05) is 23.1 Å². The van der Waals surface area contributed by atoms with Crippen LogP contribution in [0.5, 0.6) is 0 Å². The van der Waals surface area contributed by atoms with Crippen LogP contribution in [0.2, 0.25) is 10.0 Å². The Morgan fingerprint density at radius 1 is 0.929 bits per heavy atom. The molecular formula is C19H16Cl2F3N3S. The standard InChI is InChI=1S/C19H16Cl2F3N3S/c20-13-3-4-15-17(11-13)28-18(25-15)27-7-1-6-26(8-9-27)16-5-2-12(10-14(16)21)19(22,23)24/h2-5,10-11H,1,6-9H2. The summed E-state index contributed by atoms with van der Waals surface area (Å²) in [6, 6.07) is 9.18. The molecule has 0 saturated carbocycles. The maximum absolute atomic E-state index is 12.9. The number of fused-ring (bicyclic) bond motifs is 1. The van der Waals surface area contributed by atoms with Crippen LogP contribution < -0.4 is 9.80 Å². The molecule has 1 aromatic heterocycles. The first-order valence-corrected chi connectivity index (χ1v) is 10.3. The SMILES string of the molecule is FC(F)(F)c1ccc(N2CCCN(c3nc4ccc(Cl)cc4s3)CC2)c(Cl)c1. The van der Waals surface area contributed by atoms with Crippen molar-refractivity contribution in [2.75, 3.05) is 36.0 Å². The zero-order chi connectivity index (χ0) is 19.9. The first kappa shape index (κ1) is 19.6. The van der Waals surface area contributed by atoms with Crippen LogP contribution in [0.3, 0.4) is 0 Å². The molecule has 2 heterocycles. The molecule has 3 aromatic rings. The van der Waals surface area contributed by atoms with Gasteiger partial charge in [0.2, 0.25) is 0 Å². The lowest BCUT2D eigenvalue weighted by Gasteiger charge is -2.25. The summed E-state index contributed by atoms with van der Waals surface area (Å²) in [5.74, 6) is 0. The fraction of sp³-hybridized carbons (Fsp3) is 0.316. The van der Waals surface area contributed by atoms with Crippen LogP contribution in [-0.2, 0) is 6.18 Å². The second-order valence-electron chi connectivity index (χ2n) is 6.60. The minimum absolute atomic E-state index is 0.123. The molecule has 2 aromatic carbocycles. The molecule has 9 heteroatoms. The highest BCUT2D eigenvalue weighted by Gasteiger charge is 2.31. The number of aromatic nitrogens is 1. The second kappa shape index (κ2) is 7.61. The van der Waals surface area contributed by atoms with Gasteiger partial charge in [0, 0.05) is 31.2 Å². The van der Waals surface area contributed by atoms with Crippen molar-refractivity contribution in [3.8, 4) is 0 Å². The summed E-state index contributed by atoms with van der Waals surface area (Å²) in [6.45, 7) is 2.91. The third-order valence-corrected chi connectivity index (χ3v) is 6.34. The molecule has 0 atom stereocenters. The first-order chi connectivity index (χ1) is 13.3. The average Bonchev–Trinajstić information content (AvgIpc) is 2.89. The number of nitrogens with zero attached hydrogens (tertiary/aromatic N) is 3. The highest BCUT2D eigenvalue weighted by Crippen LogP contribution is 2.36. The number of thiazole rings is 1. The summed E-state index contributed by atoms with van der Waals surface area (Å²) in [5.41, 5.74) is 0.815. The van der Waals surface area contributed by atoms with Gasteiger partial charge in [0.15, 0.2) is 5.13 Å². The van der Waals surface area contributed by atoms with E-state index in [0.29, 0.717) is 23.8 Å². The van der Waals surface area contributed by atoms with Gasteiger partial charge in [-0.2, -0.15) is 13.2 Å². The van der Waals surface area contributed by atoms with E-state index in [1.54, 1.807) is 11.3 Å². The third-order valence-electron chi connectivity index (χ3n) is 4.72. The van der Waals surface area contributed by atoms with Crippen LogP contribution in [-0.4, -0.2) is 31.2 Å². The Labute approximate surface area is 174 Å². The van der Waals surface area contributed by atoms with Crippen LogP contribution in [0.15, 0.2) is 36.4 Å². The molecule has 0 bridgehead atoms. The average molecular weight is 446 g/mol. The molecule has 28 heavy (non-hydrogen) atoms. The Balaban J connectivity index is 1.52.